The van der Waals surface area contributed by atoms with Gasteiger partial charge in [-0.25, -0.2) is 15.0 Å². The molecule has 146 valence electrons. The molecular weight excluding hydrogens is 336 g/mol. The van der Waals surface area contributed by atoms with Crippen molar-refractivity contribution in [1.82, 2.24) is 24.8 Å². The van der Waals surface area contributed by atoms with Crippen LogP contribution in [0.5, 0.6) is 0 Å². The fourth-order valence-corrected chi connectivity index (χ4v) is 4.93. The van der Waals surface area contributed by atoms with E-state index in [1.807, 2.05) is 13.3 Å². The van der Waals surface area contributed by atoms with E-state index in [9.17, 15) is 0 Å². The quantitative estimate of drug-likeness (QED) is 0.902. The van der Waals surface area contributed by atoms with Gasteiger partial charge >= 0.3 is 0 Å². The lowest BCUT2D eigenvalue weighted by Gasteiger charge is -2.51. The highest BCUT2D eigenvalue weighted by Crippen LogP contribution is 2.43. The second-order valence-corrected chi connectivity index (χ2v) is 8.64. The molecule has 6 nitrogen and oxygen atoms in total. The minimum Gasteiger partial charge on any atom is -0.356 e. The lowest BCUT2D eigenvalue weighted by atomic mass is 9.78. The van der Waals surface area contributed by atoms with E-state index in [4.69, 9.17) is 9.97 Å². The topological polar surface area (TPSA) is 60.9 Å². The van der Waals surface area contributed by atoms with E-state index in [0.717, 1.165) is 62.8 Å². The van der Waals surface area contributed by atoms with E-state index in [1.54, 1.807) is 0 Å². The lowest BCUT2D eigenvalue weighted by Crippen LogP contribution is -2.57. The number of nitrogens with one attached hydrogen (secondary N) is 1. The summed E-state index contributed by atoms with van der Waals surface area (Å²) in [5.41, 5.74) is 5.00. The minimum absolute atomic E-state index is 0.0688. The molecule has 0 atom stereocenters. The lowest BCUT2D eigenvalue weighted by molar-refractivity contribution is 0.0341. The van der Waals surface area contributed by atoms with Crippen LogP contribution < -0.4 is 4.90 Å². The third kappa shape index (κ3) is 3.14. The first-order valence-corrected chi connectivity index (χ1v) is 10.3. The van der Waals surface area contributed by atoms with Crippen molar-refractivity contribution in [3.63, 3.8) is 0 Å². The summed E-state index contributed by atoms with van der Waals surface area (Å²) in [6.45, 7) is 15.1. The van der Waals surface area contributed by atoms with Crippen LogP contribution in [0.1, 0.15) is 55.2 Å². The Hall–Kier alpha value is -1.95. The molecule has 2 aliphatic heterocycles. The average molecular weight is 369 g/mol. The van der Waals surface area contributed by atoms with Crippen LogP contribution in [0.4, 0.5) is 5.82 Å². The van der Waals surface area contributed by atoms with Crippen molar-refractivity contribution >= 4 is 5.82 Å². The minimum atomic E-state index is 0.0688. The summed E-state index contributed by atoms with van der Waals surface area (Å²) in [4.78, 5) is 22.6. The second-order valence-electron chi connectivity index (χ2n) is 8.64. The van der Waals surface area contributed by atoms with Gasteiger partial charge in [0.2, 0.25) is 0 Å². The smallest absolute Gasteiger partial charge is 0.135 e. The van der Waals surface area contributed by atoms with Gasteiger partial charge in [0.05, 0.1) is 17.6 Å². The molecule has 0 aromatic carbocycles. The summed E-state index contributed by atoms with van der Waals surface area (Å²) in [6.07, 6.45) is 5.16. The van der Waals surface area contributed by atoms with E-state index in [2.05, 4.69) is 47.5 Å². The number of hydrogen-bond donors (Lipinski definition) is 1. The Kier molecular flexibility index (Phi) is 4.70. The van der Waals surface area contributed by atoms with Gasteiger partial charge in [0.15, 0.2) is 0 Å². The van der Waals surface area contributed by atoms with Crippen LogP contribution in [-0.4, -0.2) is 51.0 Å². The molecule has 0 bridgehead atoms. The first kappa shape index (κ1) is 18.4. The monoisotopic (exact) mass is 368 g/mol. The fraction of sp³-hybridized carbons (Fsp3) is 0.667. The normalized spacial score (nSPS) is 19.7. The molecule has 0 aliphatic carbocycles. The number of anilines is 1. The summed E-state index contributed by atoms with van der Waals surface area (Å²) < 4.78 is 0. The van der Waals surface area contributed by atoms with Crippen LogP contribution in [0, 0.1) is 26.7 Å². The Morgan fingerprint density at radius 1 is 1.11 bits per heavy atom. The van der Waals surface area contributed by atoms with Crippen molar-refractivity contribution in [3.8, 4) is 0 Å². The predicted octanol–water partition coefficient (Wildman–Crippen LogP) is 3.13. The molecule has 27 heavy (non-hydrogen) atoms. The fourth-order valence-electron chi connectivity index (χ4n) is 4.93. The third-order valence-electron chi connectivity index (χ3n) is 6.35. The van der Waals surface area contributed by atoms with Crippen molar-refractivity contribution in [2.45, 2.75) is 59.4 Å². The predicted molar refractivity (Wildman–Crippen MR) is 108 cm³/mol. The second kappa shape index (κ2) is 6.89. The molecule has 2 aliphatic rings. The number of imidazole rings is 1. The van der Waals surface area contributed by atoms with Crippen LogP contribution in [0.25, 0.3) is 0 Å². The molecule has 0 amide bonds. The molecule has 0 radical (unpaired) electrons. The maximum atomic E-state index is 4.79. The Morgan fingerprint density at radius 2 is 1.85 bits per heavy atom. The molecule has 1 N–H and O–H groups in total. The van der Waals surface area contributed by atoms with Gasteiger partial charge in [0.25, 0.3) is 0 Å². The Labute approximate surface area is 162 Å². The van der Waals surface area contributed by atoms with Crippen molar-refractivity contribution in [2.24, 2.45) is 5.92 Å². The van der Waals surface area contributed by atoms with Crippen LogP contribution in [0.3, 0.4) is 0 Å². The van der Waals surface area contributed by atoms with Gasteiger partial charge in [-0.2, -0.15) is 0 Å². The maximum absolute atomic E-state index is 4.79. The van der Waals surface area contributed by atoms with Gasteiger partial charge in [-0.3, -0.25) is 4.90 Å². The van der Waals surface area contributed by atoms with E-state index in [1.165, 1.54) is 17.0 Å². The molecule has 2 aromatic heterocycles. The SMILES string of the molecule is Cc1nc(C)c(C)c(N2CCC3(CC2)c2nc[nH]c2CCN3CC(C)C)n1. The van der Waals surface area contributed by atoms with Gasteiger partial charge in [-0.15, -0.1) is 0 Å². The number of aromatic amines is 1. The van der Waals surface area contributed by atoms with Crippen LogP contribution in [-0.2, 0) is 12.0 Å². The number of piperidine rings is 1. The number of rotatable bonds is 3. The summed E-state index contributed by atoms with van der Waals surface area (Å²) in [6, 6.07) is 0. The third-order valence-corrected chi connectivity index (χ3v) is 6.35. The van der Waals surface area contributed by atoms with Gasteiger partial charge in [0.1, 0.15) is 11.6 Å². The Morgan fingerprint density at radius 3 is 2.56 bits per heavy atom. The van der Waals surface area contributed by atoms with Gasteiger partial charge in [0, 0.05) is 49.6 Å². The zero-order valence-electron chi connectivity index (χ0n) is 17.3. The van der Waals surface area contributed by atoms with Gasteiger partial charge < -0.3 is 9.88 Å². The van der Waals surface area contributed by atoms with Crippen molar-refractivity contribution in [3.05, 3.63) is 34.8 Å². The Balaban J connectivity index is 1.63. The highest BCUT2D eigenvalue weighted by molar-refractivity contribution is 5.49. The van der Waals surface area contributed by atoms with Crippen LogP contribution >= 0.6 is 0 Å². The molecule has 0 unspecified atom stereocenters. The number of aromatic nitrogens is 4. The number of hydrogen-bond acceptors (Lipinski definition) is 5. The number of H-pyrrole nitrogens is 1. The van der Waals surface area contributed by atoms with E-state index in [0.29, 0.717) is 5.92 Å². The summed E-state index contributed by atoms with van der Waals surface area (Å²) in [7, 11) is 0. The van der Waals surface area contributed by atoms with Gasteiger partial charge in [-0.05, 0) is 39.5 Å². The van der Waals surface area contributed by atoms with E-state index < -0.39 is 0 Å². The molecular formula is C21H32N6. The maximum Gasteiger partial charge on any atom is 0.135 e. The molecule has 4 heterocycles. The molecule has 4 rings (SSSR count). The highest BCUT2D eigenvalue weighted by atomic mass is 15.3. The van der Waals surface area contributed by atoms with E-state index >= 15 is 0 Å². The zero-order chi connectivity index (χ0) is 19.2. The largest absolute Gasteiger partial charge is 0.356 e. The highest BCUT2D eigenvalue weighted by Gasteiger charge is 2.46. The summed E-state index contributed by atoms with van der Waals surface area (Å²) in [5.74, 6) is 2.64. The van der Waals surface area contributed by atoms with E-state index in [-0.39, 0.29) is 5.54 Å². The number of aryl methyl sites for hydroxylation is 2. The first-order valence-electron chi connectivity index (χ1n) is 10.3. The molecule has 2 aromatic rings. The zero-order valence-corrected chi connectivity index (χ0v) is 17.3. The average Bonchev–Trinajstić information content (AvgIpc) is 3.11. The van der Waals surface area contributed by atoms with Crippen LogP contribution in [0.15, 0.2) is 6.33 Å². The van der Waals surface area contributed by atoms with Crippen molar-refractivity contribution in [1.29, 1.82) is 0 Å². The molecule has 1 saturated heterocycles. The van der Waals surface area contributed by atoms with Crippen molar-refractivity contribution < 1.29 is 0 Å². The Bertz CT molecular complexity index is 816. The summed E-state index contributed by atoms with van der Waals surface area (Å²) in [5, 5.41) is 0. The first-order chi connectivity index (χ1) is 12.9. The molecule has 0 saturated carbocycles. The molecule has 6 heteroatoms. The van der Waals surface area contributed by atoms with Crippen LogP contribution in [0.2, 0.25) is 0 Å². The molecule has 1 fully saturated rings. The standard InChI is InChI=1S/C21H32N6/c1-14(2)12-27-9-6-18-19(23-13-22-18)21(27)7-10-26(11-8-21)20-15(3)16(4)24-17(5)25-20/h13-14H,6-12H2,1-5H3,(H,22,23). The number of nitrogens with zero attached hydrogens (tertiary/aromatic N) is 5. The number of fused-ring (bicyclic) bond motifs is 2. The molecule has 1 spiro atoms. The van der Waals surface area contributed by atoms with Crippen molar-refractivity contribution in [2.75, 3.05) is 31.1 Å². The summed E-state index contributed by atoms with van der Waals surface area (Å²) >= 11 is 0. The van der Waals surface area contributed by atoms with Gasteiger partial charge in [-0.1, -0.05) is 13.8 Å².